The van der Waals surface area contributed by atoms with Gasteiger partial charge in [-0.25, -0.2) is 9.97 Å². The van der Waals surface area contributed by atoms with E-state index >= 15 is 0 Å². The molecule has 0 spiro atoms. The van der Waals surface area contributed by atoms with Gasteiger partial charge in [0.15, 0.2) is 11.5 Å². The van der Waals surface area contributed by atoms with Gasteiger partial charge in [0.1, 0.15) is 0 Å². The summed E-state index contributed by atoms with van der Waals surface area (Å²) in [6, 6.07) is 7.72. The van der Waals surface area contributed by atoms with Crippen molar-refractivity contribution in [3.63, 3.8) is 0 Å². The molecular formula is C15H19N3O2. The number of hydrogen-bond donors (Lipinski definition) is 1. The zero-order chi connectivity index (χ0) is 14.2. The summed E-state index contributed by atoms with van der Waals surface area (Å²) in [5, 5.41) is 3.30. The molecule has 106 valence electrons. The molecular weight excluding hydrogens is 254 g/mol. The highest BCUT2D eigenvalue weighted by atomic mass is 16.5. The first-order valence-corrected chi connectivity index (χ1v) is 6.66. The van der Waals surface area contributed by atoms with Crippen LogP contribution in [0.15, 0.2) is 36.7 Å². The Labute approximate surface area is 119 Å². The van der Waals surface area contributed by atoms with Crippen LogP contribution in [0.5, 0.6) is 17.5 Å². The van der Waals surface area contributed by atoms with E-state index in [0.717, 1.165) is 25.1 Å². The van der Waals surface area contributed by atoms with Gasteiger partial charge < -0.3 is 14.8 Å². The third-order valence-electron chi connectivity index (χ3n) is 2.71. The number of nitrogens with zero attached hydrogens (tertiary/aromatic N) is 2. The standard InChI is InChI=1S/C15H19N3O2/c1-3-8-16-9-12-10-17-15(18-11-12)20-14-7-5-4-6-13(14)19-2/h4-7,10-11,16H,3,8-9H2,1-2H3. The van der Waals surface area contributed by atoms with Gasteiger partial charge in [-0.1, -0.05) is 19.1 Å². The van der Waals surface area contributed by atoms with Gasteiger partial charge in [0.25, 0.3) is 0 Å². The molecule has 0 amide bonds. The largest absolute Gasteiger partial charge is 0.493 e. The van der Waals surface area contributed by atoms with Crippen molar-refractivity contribution < 1.29 is 9.47 Å². The maximum absolute atomic E-state index is 5.61. The van der Waals surface area contributed by atoms with Gasteiger partial charge in [0.2, 0.25) is 0 Å². The Morgan fingerprint density at radius 2 is 1.80 bits per heavy atom. The van der Waals surface area contributed by atoms with Crippen molar-refractivity contribution in [1.29, 1.82) is 0 Å². The molecule has 1 aromatic heterocycles. The van der Waals surface area contributed by atoms with E-state index in [2.05, 4.69) is 22.2 Å². The Balaban J connectivity index is 1.99. The fourth-order valence-corrected chi connectivity index (χ4v) is 1.70. The third kappa shape index (κ3) is 3.93. The van der Waals surface area contributed by atoms with E-state index in [1.165, 1.54) is 0 Å². The van der Waals surface area contributed by atoms with Gasteiger partial charge in [-0.05, 0) is 25.1 Å². The van der Waals surface area contributed by atoms with Gasteiger partial charge in [0, 0.05) is 24.5 Å². The van der Waals surface area contributed by atoms with Crippen LogP contribution in [0.4, 0.5) is 0 Å². The van der Waals surface area contributed by atoms with Crippen LogP contribution in [0.2, 0.25) is 0 Å². The lowest BCUT2D eigenvalue weighted by Crippen LogP contribution is -2.14. The van der Waals surface area contributed by atoms with Crippen molar-refractivity contribution in [3.8, 4) is 17.5 Å². The molecule has 5 heteroatoms. The van der Waals surface area contributed by atoms with Crippen LogP contribution in [0.1, 0.15) is 18.9 Å². The number of ether oxygens (including phenoxy) is 2. The highest BCUT2D eigenvalue weighted by Gasteiger charge is 2.06. The molecule has 0 saturated carbocycles. The Morgan fingerprint density at radius 1 is 1.10 bits per heavy atom. The average Bonchev–Trinajstić information content (AvgIpc) is 2.50. The van der Waals surface area contributed by atoms with E-state index < -0.39 is 0 Å². The fraction of sp³-hybridized carbons (Fsp3) is 0.333. The molecule has 0 aliphatic rings. The summed E-state index contributed by atoms with van der Waals surface area (Å²) in [5.41, 5.74) is 1.03. The molecule has 0 fully saturated rings. The molecule has 0 unspecified atom stereocenters. The minimum absolute atomic E-state index is 0.314. The van der Waals surface area contributed by atoms with Crippen molar-refractivity contribution in [2.75, 3.05) is 13.7 Å². The first-order valence-electron chi connectivity index (χ1n) is 6.66. The minimum Gasteiger partial charge on any atom is -0.493 e. The molecule has 20 heavy (non-hydrogen) atoms. The SMILES string of the molecule is CCCNCc1cnc(Oc2ccccc2OC)nc1. The molecule has 2 rings (SSSR count). The number of nitrogens with one attached hydrogen (secondary N) is 1. The number of methoxy groups -OCH3 is 1. The Kier molecular flexibility index (Phi) is 5.32. The second kappa shape index (κ2) is 7.45. The zero-order valence-corrected chi connectivity index (χ0v) is 11.8. The van der Waals surface area contributed by atoms with E-state index in [1.807, 2.05) is 24.3 Å². The van der Waals surface area contributed by atoms with Gasteiger partial charge in [-0.2, -0.15) is 0 Å². The summed E-state index contributed by atoms with van der Waals surface area (Å²) >= 11 is 0. The number of hydrogen-bond acceptors (Lipinski definition) is 5. The summed E-state index contributed by atoms with van der Waals surface area (Å²) in [4.78, 5) is 8.40. The molecule has 1 heterocycles. The lowest BCUT2D eigenvalue weighted by Gasteiger charge is -2.08. The Hall–Kier alpha value is -2.14. The van der Waals surface area contributed by atoms with Gasteiger partial charge >= 0.3 is 6.01 Å². The molecule has 0 aliphatic heterocycles. The Morgan fingerprint density at radius 3 is 2.45 bits per heavy atom. The van der Waals surface area contributed by atoms with Crippen molar-refractivity contribution in [2.45, 2.75) is 19.9 Å². The smallest absolute Gasteiger partial charge is 0.322 e. The third-order valence-corrected chi connectivity index (χ3v) is 2.71. The normalized spacial score (nSPS) is 10.3. The van der Waals surface area contributed by atoms with Gasteiger partial charge in [0.05, 0.1) is 7.11 Å². The number of aromatic nitrogens is 2. The molecule has 0 bridgehead atoms. The van der Waals surface area contributed by atoms with Crippen molar-refractivity contribution in [1.82, 2.24) is 15.3 Å². The molecule has 0 atom stereocenters. The van der Waals surface area contributed by atoms with Crippen LogP contribution >= 0.6 is 0 Å². The molecule has 0 radical (unpaired) electrons. The number of para-hydroxylation sites is 2. The van der Waals surface area contributed by atoms with Crippen LogP contribution in [0.3, 0.4) is 0 Å². The molecule has 1 aromatic carbocycles. The average molecular weight is 273 g/mol. The minimum atomic E-state index is 0.314. The highest BCUT2D eigenvalue weighted by Crippen LogP contribution is 2.28. The number of rotatable bonds is 7. The summed E-state index contributed by atoms with van der Waals surface area (Å²) in [6.07, 6.45) is 4.64. The summed E-state index contributed by atoms with van der Waals surface area (Å²) in [7, 11) is 1.60. The fourth-order valence-electron chi connectivity index (χ4n) is 1.70. The topological polar surface area (TPSA) is 56.3 Å². The lowest BCUT2D eigenvalue weighted by atomic mass is 10.3. The second-order valence-electron chi connectivity index (χ2n) is 4.30. The molecule has 0 saturated heterocycles. The first kappa shape index (κ1) is 14.3. The molecule has 5 nitrogen and oxygen atoms in total. The lowest BCUT2D eigenvalue weighted by molar-refractivity contribution is 0.367. The quantitative estimate of drug-likeness (QED) is 0.786. The Bertz CT molecular complexity index is 529. The van der Waals surface area contributed by atoms with Crippen LogP contribution in [0, 0.1) is 0 Å². The monoisotopic (exact) mass is 273 g/mol. The van der Waals surface area contributed by atoms with E-state index in [4.69, 9.17) is 9.47 Å². The van der Waals surface area contributed by atoms with E-state index in [1.54, 1.807) is 19.5 Å². The molecule has 1 N–H and O–H groups in total. The van der Waals surface area contributed by atoms with Crippen molar-refractivity contribution >= 4 is 0 Å². The van der Waals surface area contributed by atoms with Crippen LogP contribution in [-0.2, 0) is 6.54 Å². The molecule has 0 aliphatic carbocycles. The highest BCUT2D eigenvalue weighted by molar-refractivity contribution is 5.40. The van der Waals surface area contributed by atoms with E-state index in [9.17, 15) is 0 Å². The van der Waals surface area contributed by atoms with E-state index in [-0.39, 0.29) is 0 Å². The summed E-state index contributed by atoms with van der Waals surface area (Å²) in [6.45, 7) is 3.88. The zero-order valence-electron chi connectivity index (χ0n) is 11.8. The van der Waals surface area contributed by atoms with Crippen molar-refractivity contribution in [3.05, 3.63) is 42.2 Å². The maximum Gasteiger partial charge on any atom is 0.322 e. The number of benzene rings is 1. The van der Waals surface area contributed by atoms with E-state index in [0.29, 0.717) is 17.5 Å². The predicted octanol–water partition coefficient (Wildman–Crippen LogP) is 2.78. The second-order valence-corrected chi connectivity index (χ2v) is 4.30. The summed E-state index contributed by atoms with van der Waals surface area (Å²) in [5.74, 6) is 1.26. The van der Waals surface area contributed by atoms with Crippen LogP contribution < -0.4 is 14.8 Å². The van der Waals surface area contributed by atoms with Gasteiger partial charge in [-0.15, -0.1) is 0 Å². The van der Waals surface area contributed by atoms with Crippen molar-refractivity contribution in [2.24, 2.45) is 0 Å². The summed E-state index contributed by atoms with van der Waals surface area (Å²) < 4.78 is 10.8. The van der Waals surface area contributed by atoms with Crippen LogP contribution in [0.25, 0.3) is 0 Å². The predicted molar refractivity (Wildman–Crippen MR) is 77.1 cm³/mol. The van der Waals surface area contributed by atoms with Gasteiger partial charge in [-0.3, -0.25) is 0 Å². The van der Waals surface area contributed by atoms with Crippen LogP contribution in [-0.4, -0.2) is 23.6 Å². The molecule has 2 aromatic rings. The first-order chi connectivity index (χ1) is 9.83. The maximum atomic E-state index is 5.61.